The van der Waals surface area contributed by atoms with Crippen LogP contribution in [0.15, 0.2) is 144 Å². The van der Waals surface area contributed by atoms with Gasteiger partial charge < -0.3 is 4.42 Å². The highest BCUT2D eigenvalue weighted by molar-refractivity contribution is 7.27. The fraction of sp³-hybridized carbons (Fsp3) is 0. The fourth-order valence-electron chi connectivity index (χ4n) is 7.56. The molecule has 0 bridgehead atoms. The SMILES string of the molecule is c1ccc2cc(-c3nc(-n4c5ccccc5c5c6ccccc6c6sc7ccccc7c6c54)c4c(n3)oc3ccccc34)ccc2c1. The van der Waals surface area contributed by atoms with Crippen LogP contribution in [0, 0.1) is 0 Å². The first kappa shape index (κ1) is 25.2. The van der Waals surface area contributed by atoms with Crippen molar-refractivity contribution in [3.63, 3.8) is 0 Å². The van der Waals surface area contributed by atoms with Crippen molar-refractivity contribution in [1.82, 2.24) is 14.5 Å². The highest BCUT2D eigenvalue weighted by Gasteiger charge is 2.25. The minimum Gasteiger partial charge on any atom is -0.437 e. The minimum atomic E-state index is 0.581. The standard InChI is InChI=1S/C42H23N3OS/c1-2-12-25-23-26(22-21-24(25)11-1)40-43-41(37-30-16-6-9-19-33(30)46-42(37)44-40)45-32-18-8-5-15-29(32)35-27-13-3-4-14-28(27)39-36(38(35)45)31-17-7-10-20-34(31)47-39/h1-23H. The maximum Gasteiger partial charge on any atom is 0.233 e. The molecule has 5 heteroatoms. The second kappa shape index (κ2) is 9.25. The predicted octanol–water partition coefficient (Wildman–Crippen LogP) is 11.8. The molecule has 47 heavy (non-hydrogen) atoms. The lowest BCUT2D eigenvalue weighted by Crippen LogP contribution is -2.02. The predicted molar refractivity (Wildman–Crippen MR) is 197 cm³/mol. The Hall–Kier alpha value is -6.04. The van der Waals surface area contributed by atoms with Gasteiger partial charge in [-0.25, -0.2) is 4.98 Å². The van der Waals surface area contributed by atoms with Crippen LogP contribution in [0.2, 0.25) is 0 Å². The number of fused-ring (bicyclic) bond motifs is 14. The van der Waals surface area contributed by atoms with Crippen molar-refractivity contribution in [2.75, 3.05) is 0 Å². The summed E-state index contributed by atoms with van der Waals surface area (Å²) in [5, 5.41) is 11.7. The second-order valence-corrected chi connectivity index (χ2v) is 13.2. The zero-order valence-corrected chi connectivity index (χ0v) is 25.8. The van der Waals surface area contributed by atoms with Gasteiger partial charge in [0.05, 0.1) is 16.4 Å². The molecule has 4 nitrogen and oxygen atoms in total. The molecular formula is C42H23N3OS. The van der Waals surface area contributed by atoms with Crippen LogP contribution in [0.4, 0.5) is 0 Å². The molecule has 11 aromatic rings. The molecule has 0 atom stereocenters. The van der Waals surface area contributed by atoms with Gasteiger partial charge in [-0.1, -0.05) is 115 Å². The van der Waals surface area contributed by atoms with Crippen LogP contribution in [-0.2, 0) is 0 Å². The Morgan fingerprint density at radius 2 is 1.23 bits per heavy atom. The molecule has 0 saturated heterocycles. The minimum absolute atomic E-state index is 0.581. The average Bonchev–Trinajstić information content (AvgIpc) is 3.81. The van der Waals surface area contributed by atoms with Gasteiger partial charge in [-0.2, -0.15) is 4.98 Å². The van der Waals surface area contributed by atoms with Gasteiger partial charge >= 0.3 is 0 Å². The van der Waals surface area contributed by atoms with Crippen molar-refractivity contribution in [3.05, 3.63) is 140 Å². The third kappa shape index (κ3) is 3.41. The number of para-hydroxylation sites is 2. The summed E-state index contributed by atoms with van der Waals surface area (Å²) in [6.45, 7) is 0. The van der Waals surface area contributed by atoms with Crippen LogP contribution >= 0.6 is 11.3 Å². The Bertz CT molecular complexity index is 3090. The maximum atomic E-state index is 6.52. The highest BCUT2D eigenvalue weighted by atomic mass is 32.1. The summed E-state index contributed by atoms with van der Waals surface area (Å²) in [6, 6.07) is 49.4. The summed E-state index contributed by atoms with van der Waals surface area (Å²) in [4.78, 5) is 10.6. The molecule has 7 aromatic carbocycles. The quantitative estimate of drug-likeness (QED) is 0.194. The van der Waals surface area contributed by atoms with Crippen LogP contribution in [0.5, 0.6) is 0 Å². The van der Waals surface area contributed by atoms with Gasteiger partial charge in [0.15, 0.2) is 11.6 Å². The average molecular weight is 618 g/mol. The molecule has 0 unspecified atom stereocenters. The molecular weight excluding hydrogens is 595 g/mol. The van der Waals surface area contributed by atoms with Gasteiger partial charge in [-0.3, -0.25) is 4.57 Å². The van der Waals surface area contributed by atoms with E-state index in [1.807, 2.05) is 23.5 Å². The third-order valence-corrected chi connectivity index (χ3v) is 10.8. The van der Waals surface area contributed by atoms with Gasteiger partial charge in [0, 0.05) is 47.3 Å². The summed E-state index contributed by atoms with van der Waals surface area (Å²) in [5.74, 6) is 1.46. The lowest BCUT2D eigenvalue weighted by atomic mass is 10.00. The normalized spacial score (nSPS) is 12.3. The lowest BCUT2D eigenvalue weighted by molar-refractivity contribution is 0.653. The Balaban J connectivity index is 1.39. The van der Waals surface area contributed by atoms with E-state index < -0.39 is 0 Å². The van der Waals surface area contributed by atoms with Gasteiger partial charge in [0.2, 0.25) is 5.71 Å². The van der Waals surface area contributed by atoms with E-state index >= 15 is 0 Å². The molecule has 0 fully saturated rings. The molecule has 0 aliphatic carbocycles. The fourth-order valence-corrected chi connectivity index (χ4v) is 8.81. The molecule has 4 heterocycles. The summed E-state index contributed by atoms with van der Waals surface area (Å²) in [6.07, 6.45) is 0. The lowest BCUT2D eigenvalue weighted by Gasteiger charge is -2.12. The van der Waals surface area contributed by atoms with Crippen LogP contribution < -0.4 is 0 Å². The summed E-state index contributed by atoms with van der Waals surface area (Å²) in [5.41, 5.74) is 4.59. The maximum absolute atomic E-state index is 6.52. The molecule has 0 amide bonds. The van der Waals surface area contributed by atoms with E-state index in [2.05, 4.69) is 132 Å². The molecule has 0 N–H and O–H groups in total. The Kier molecular flexibility index (Phi) is 4.96. The van der Waals surface area contributed by atoms with Crippen LogP contribution in [-0.4, -0.2) is 14.5 Å². The number of furan rings is 1. The monoisotopic (exact) mass is 617 g/mol. The first-order valence-electron chi connectivity index (χ1n) is 15.8. The van der Waals surface area contributed by atoms with Crippen LogP contribution in [0.25, 0.3) is 103 Å². The van der Waals surface area contributed by atoms with E-state index in [0.29, 0.717) is 11.5 Å². The molecule has 218 valence electrons. The second-order valence-electron chi connectivity index (χ2n) is 12.1. The van der Waals surface area contributed by atoms with E-state index in [-0.39, 0.29) is 0 Å². The van der Waals surface area contributed by atoms with E-state index in [4.69, 9.17) is 14.4 Å². The van der Waals surface area contributed by atoms with Crippen molar-refractivity contribution in [3.8, 4) is 17.2 Å². The van der Waals surface area contributed by atoms with Gasteiger partial charge in [0.25, 0.3) is 0 Å². The topological polar surface area (TPSA) is 43.9 Å². The van der Waals surface area contributed by atoms with Crippen LogP contribution in [0.1, 0.15) is 0 Å². The first-order valence-corrected chi connectivity index (χ1v) is 16.6. The van der Waals surface area contributed by atoms with Crippen LogP contribution in [0.3, 0.4) is 0 Å². The third-order valence-electron chi connectivity index (χ3n) is 9.59. The number of thiophene rings is 1. The van der Waals surface area contributed by atoms with Crippen molar-refractivity contribution < 1.29 is 4.42 Å². The first-order chi connectivity index (χ1) is 23.3. The molecule has 0 radical (unpaired) electrons. The van der Waals surface area contributed by atoms with E-state index in [9.17, 15) is 0 Å². The Morgan fingerprint density at radius 1 is 0.532 bits per heavy atom. The van der Waals surface area contributed by atoms with Gasteiger partial charge in [-0.15, -0.1) is 11.3 Å². The van der Waals surface area contributed by atoms with E-state index in [0.717, 1.165) is 44.2 Å². The van der Waals surface area contributed by atoms with Gasteiger partial charge in [0.1, 0.15) is 5.58 Å². The molecule has 0 aliphatic heterocycles. The van der Waals surface area contributed by atoms with E-state index in [1.54, 1.807) is 0 Å². The number of rotatable bonds is 2. The number of hydrogen-bond donors (Lipinski definition) is 0. The zero-order valence-electron chi connectivity index (χ0n) is 24.9. The summed E-state index contributed by atoms with van der Waals surface area (Å²) < 4.78 is 11.5. The Labute approximate surface area is 271 Å². The molecule has 0 aliphatic rings. The van der Waals surface area contributed by atoms with Crippen molar-refractivity contribution in [2.45, 2.75) is 0 Å². The molecule has 0 saturated carbocycles. The molecule has 11 rings (SSSR count). The van der Waals surface area contributed by atoms with Crippen molar-refractivity contribution in [2.24, 2.45) is 0 Å². The largest absolute Gasteiger partial charge is 0.437 e. The molecule has 4 aromatic heterocycles. The Morgan fingerprint density at radius 3 is 2.13 bits per heavy atom. The van der Waals surface area contributed by atoms with Crippen molar-refractivity contribution >= 4 is 96.9 Å². The number of benzene rings is 7. The summed E-state index contributed by atoms with van der Waals surface area (Å²) in [7, 11) is 0. The molecule has 0 spiro atoms. The van der Waals surface area contributed by atoms with Gasteiger partial charge in [-0.05, 0) is 40.4 Å². The van der Waals surface area contributed by atoms with E-state index in [1.165, 1.54) is 47.1 Å². The summed E-state index contributed by atoms with van der Waals surface area (Å²) >= 11 is 1.86. The van der Waals surface area contributed by atoms with Crippen molar-refractivity contribution in [1.29, 1.82) is 0 Å². The number of hydrogen-bond acceptors (Lipinski definition) is 4. The smallest absolute Gasteiger partial charge is 0.233 e. The zero-order chi connectivity index (χ0) is 30.6. The number of nitrogens with zero attached hydrogens (tertiary/aromatic N) is 3. The highest BCUT2D eigenvalue weighted by Crippen LogP contribution is 2.48. The number of aromatic nitrogens is 3.